The number of rotatable bonds is 4. The molecule has 2 rings (SSSR count). The van der Waals surface area contributed by atoms with Crippen molar-refractivity contribution in [3.63, 3.8) is 0 Å². The van der Waals surface area contributed by atoms with E-state index in [4.69, 9.17) is 0 Å². The van der Waals surface area contributed by atoms with Crippen LogP contribution in [0.3, 0.4) is 0 Å². The fourth-order valence-electron chi connectivity index (χ4n) is 3.01. The highest BCUT2D eigenvalue weighted by Crippen LogP contribution is 2.26. The highest BCUT2D eigenvalue weighted by Gasteiger charge is 2.21. The summed E-state index contributed by atoms with van der Waals surface area (Å²) in [7, 11) is 0. The predicted octanol–water partition coefficient (Wildman–Crippen LogP) is 4.31. The lowest BCUT2D eigenvalue weighted by atomic mass is 9.86. The van der Waals surface area contributed by atoms with Gasteiger partial charge in [0, 0.05) is 12.1 Å². The zero-order valence-corrected chi connectivity index (χ0v) is 11.2. The maximum absolute atomic E-state index is 3.85. The van der Waals surface area contributed by atoms with Crippen molar-refractivity contribution in [3.8, 4) is 0 Å². The second-order valence-corrected chi connectivity index (χ2v) is 5.51. The maximum atomic E-state index is 3.85. The molecule has 1 nitrogen and oxygen atoms in total. The van der Waals surface area contributed by atoms with Crippen LogP contribution in [0.25, 0.3) is 0 Å². The number of benzene rings is 1. The largest absolute Gasteiger partial charge is 0.307 e. The minimum atomic E-state index is 0.534. The number of nitrogens with one attached hydrogen (secondary N) is 1. The Bertz CT molecular complexity index is 320. The molecule has 1 aliphatic carbocycles. The first-order valence-electron chi connectivity index (χ1n) is 7.10. The number of hydrogen-bond acceptors (Lipinski definition) is 1. The SMILES string of the molecule is CCC(NC1CCCC(C)C1)c1ccccc1. The molecule has 3 unspecified atom stereocenters. The monoisotopic (exact) mass is 231 g/mol. The van der Waals surface area contributed by atoms with Crippen LogP contribution in [-0.4, -0.2) is 6.04 Å². The third-order valence-electron chi connectivity index (χ3n) is 3.98. The quantitative estimate of drug-likeness (QED) is 0.814. The fraction of sp³-hybridized carbons (Fsp3) is 0.625. The molecule has 1 aromatic rings. The van der Waals surface area contributed by atoms with Gasteiger partial charge in [-0.1, -0.05) is 57.0 Å². The average molecular weight is 231 g/mol. The molecule has 0 saturated heterocycles. The van der Waals surface area contributed by atoms with E-state index in [-0.39, 0.29) is 0 Å². The Morgan fingerprint density at radius 3 is 2.65 bits per heavy atom. The van der Waals surface area contributed by atoms with Crippen LogP contribution in [0.15, 0.2) is 30.3 Å². The summed E-state index contributed by atoms with van der Waals surface area (Å²) < 4.78 is 0. The lowest BCUT2D eigenvalue weighted by molar-refractivity contribution is 0.278. The summed E-state index contributed by atoms with van der Waals surface area (Å²) in [5.74, 6) is 0.898. The van der Waals surface area contributed by atoms with E-state index in [1.165, 1.54) is 37.7 Å². The summed E-state index contributed by atoms with van der Waals surface area (Å²) in [6, 6.07) is 12.1. The molecule has 1 N–H and O–H groups in total. The van der Waals surface area contributed by atoms with Gasteiger partial charge in [0.15, 0.2) is 0 Å². The Balaban J connectivity index is 1.95. The third kappa shape index (κ3) is 3.57. The summed E-state index contributed by atoms with van der Waals surface area (Å²) in [6.07, 6.45) is 6.69. The van der Waals surface area contributed by atoms with Gasteiger partial charge in [0.05, 0.1) is 0 Å². The van der Waals surface area contributed by atoms with Crippen molar-refractivity contribution in [2.75, 3.05) is 0 Å². The van der Waals surface area contributed by atoms with Crippen LogP contribution >= 0.6 is 0 Å². The van der Waals surface area contributed by atoms with Crippen LogP contribution in [0.5, 0.6) is 0 Å². The van der Waals surface area contributed by atoms with Gasteiger partial charge in [-0.05, 0) is 30.7 Å². The van der Waals surface area contributed by atoms with Crippen LogP contribution in [0.1, 0.15) is 57.6 Å². The summed E-state index contributed by atoms with van der Waals surface area (Å²) in [5, 5.41) is 3.85. The zero-order chi connectivity index (χ0) is 12.1. The molecule has 1 saturated carbocycles. The van der Waals surface area contributed by atoms with Gasteiger partial charge < -0.3 is 5.32 Å². The van der Waals surface area contributed by atoms with Gasteiger partial charge in [0.2, 0.25) is 0 Å². The third-order valence-corrected chi connectivity index (χ3v) is 3.98. The standard InChI is InChI=1S/C16H25N/c1-3-16(14-9-5-4-6-10-14)17-15-11-7-8-13(2)12-15/h4-6,9-10,13,15-17H,3,7-8,11-12H2,1-2H3. The molecule has 1 fully saturated rings. The molecule has 3 atom stereocenters. The van der Waals surface area contributed by atoms with Gasteiger partial charge in [0.25, 0.3) is 0 Å². The van der Waals surface area contributed by atoms with Crippen molar-refractivity contribution in [1.82, 2.24) is 5.32 Å². The molecule has 0 aromatic heterocycles. The van der Waals surface area contributed by atoms with Gasteiger partial charge >= 0.3 is 0 Å². The van der Waals surface area contributed by atoms with Gasteiger partial charge in [-0.3, -0.25) is 0 Å². The Hall–Kier alpha value is -0.820. The van der Waals surface area contributed by atoms with E-state index < -0.39 is 0 Å². The van der Waals surface area contributed by atoms with Crippen LogP contribution in [0.4, 0.5) is 0 Å². The molecule has 0 radical (unpaired) electrons. The summed E-state index contributed by atoms with van der Waals surface area (Å²) in [5.41, 5.74) is 1.44. The first-order chi connectivity index (χ1) is 8.29. The van der Waals surface area contributed by atoms with Crippen LogP contribution in [-0.2, 0) is 0 Å². The highest BCUT2D eigenvalue weighted by atomic mass is 14.9. The van der Waals surface area contributed by atoms with Crippen LogP contribution in [0.2, 0.25) is 0 Å². The van der Waals surface area contributed by atoms with Crippen molar-refractivity contribution in [2.45, 2.75) is 58.0 Å². The average Bonchev–Trinajstić information content (AvgIpc) is 2.37. The normalized spacial score (nSPS) is 26.7. The van der Waals surface area contributed by atoms with E-state index >= 15 is 0 Å². The van der Waals surface area contributed by atoms with E-state index in [9.17, 15) is 0 Å². The fourth-order valence-corrected chi connectivity index (χ4v) is 3.01. The predicted molar refractivity (Wildman–Crippen MR) is 74.0 cm³/mol. The Kier molecular flexibility index (Phi) is 4.61. The van der Waals surface area contributed by atoms with E-state index in [1.807, 2.05) is 0 Å². The Labute approximate surface area is 106 Å². The van der Waals surface area contributed by atoms with E-state index in [0.29, 0.717) is 6.04 Å². The second kappa shape index (κ2) is 6.20. The van der Waals surface area contributed by atoms with Gasteiger partial charge in [-0.25, -0.2) is 0 Å². The summed E-state index contributed by atoms with van der Waals surface area (Å²) in [4.78, 5) is 0. The van der Waals surface area contributed by atoms with Crippen LogP contribution in [0, 0.1) is 5.92 Å². The minimum Gasteiger partial charge on any atom is -0.307 e. The number of hydrogen-bond donors (Lipinski definition) is 1. The molecule has 0 heterocycles. The molecule has 0 spiro atoms. The first-order valence-corrected chi connectivity index (χ1v) is 7.10. The van der Waals surface area contributed by atoms with Crippen molar-refractivity contribution in [1.29, 1.82) is 0 Å². The second-order valence-electron chi connectivity index (χ2n) is 5.51. The molecule has 1 heteroatoms. The van der Waals surface area contributed by atoms with E-state index in [0.717, 1.165) is 12.0 Å². The molecular formula is C16H25N. The van der Waals surface area contributed by atoms with E-state index in [1.54, 1.807) is 0 Å². The molecule has 94 valence electrons. The van der Waals surface area contributed by atoms with E-state index in [2.05, 4.69) is 49.5 Å². The van der Waals surface area contributed by atoms with Crippen molar-refractivity contribution in [2.24, 2.45) is 5.92 Å². The van der Waals surface area contributed by atoms with Gasteiger partial charge in [-0.2, -0.15) is 0 Å². The molecule has 0 bridgehead atoms. The zero-order valence-electron chi connectivity index (χ0n) is 11.2. The minimum absolute atomic E-state index is 0.534. The maximum Gasteiger partial charge on any atom is 0.0320 e. The highest BCUT2D eigenvalue weighted by molar-refractivity contribution is 5.18. The first kappa shape index (κ1) is 12.6. The molecular weight excluding hydrogens is 206 g/mol. The molecule has 1 aromatic carbocycles. The smallest absolute Gasteiger partial charge is 0.0320 e. The van der Waals surface area contributed by atoms with Crippen molar-refractivity contribution in [3.05, 3.63) is 35.9 Å². The Morgan fingerprint density at radius 1 is 1.24 bits per heavy atom. The molecule has 0 amide bonds. The molecule has 1 aliphatic rings. The van der Waals surface area contributed by atoms with Gasteiger partial charge in [-0.15, -0.1) is 0 Å². The van der Waals surface area contributed by atoms with Crippen molar-refractivity contribution < 1.29 is 0 Å². The van der Waals surface area contributed by atoms with Crippen LogP contribution < -0.4 is 5.32 Å². The molecule has 17 heavy (non-hydrogen) atoms. The van der Waals surface area contributed by atoms with Gasteiger partial charge in [0.1, 0.15) is 0 Å². The summed E-state index contributed by atoms with van der Waals surface area (Å²) in [6.45, 7) is 4.66. The lowest BCUT2D eigenvalue weighted by Crippen LogP contribution is -2.36. The molecule has 0 aliphatic heterocycles. The Morgan fingerprint density at radius 2 is 2.00 bits per heavy atom. The lowest BCUT2D eigenvalue weighted by Gasteiger charge is -2.31. The van der Waals surface area contributed by atoms with Crippen molar-refractivity contribution >= 4 is 0 Å². The summed E-state index contributed by atoms with van der Waals surface area (Å²) >= 11 is 0. The topological polar surface area (TPSA) is 12.0 Å².